The van der Waals surface area contributed by atoms with E-state index in [1.165, 1.54) is 0 Å². The quantitative estimate of drug-likeness (QED) is 0.538. The third-order valence-electron chi connectivity index (χ3n) is 2.18. The Labute approximate surface area is 71.0 Å². The lowest BCUT2D eigenvalue weighted by atomic mass is 9.94. The molecule has 1 rings (SSSR count). The third-order valence-corrected chi connectivity index (χ3v) is 2.18. The SMILES string of the molecule is CN1CCCC(C(N)=O)C1=C=O. The fraction of sp³-hybridized carbons (Fsp3) is 0.625. The van der Waals surface area contributed by atoms with Crippen molar-refractivity contribution in [2.75, 3.05) is 13.6 Å². The van der Waals surface area contributed by atoms with Gasteiger partial charge in [0.25, 0.3) is 0 Å². The van der Waals surface area contributed by atoms with E-state index in [0.29, 0.717) is 12.1 Å². The number of carbonyl (C=O) groups excluding carboxylic acids is 2. The molecule has 0 aromatic rings. The van der Waals surface area contributed by atoms with Gasteiger partial charge in [0, 0.05) is 13.6 Å². The number of likely N-dealkylation sites (tertiary alicyclic amines) is 1. The molecule has 4 nitrogen and oxygen atoms in total. The third kappa shape index (κ3) is 1.48. The molecule has 0 saturated carbocycles. The van der Waals surface area contributed by atoms with E-state index in [1.54, 1.807) is 17.9 Å². The van der Waals surface area contributed by atoms with Crippen molar-refractivity contribution in [1.82, 2.24) is 4.90 Å². The standard InChI is InChI=1S/C8H12N2O2/c1-10-4-2-3-6(8(9)12)7(10)5-11/h6H,2-4H2,1H3,(H2,9,12). The van der Waals surface area contributed by atoms with E-state index in [0.717, 1.165) is 13.0 Å². The Hall–Kier alpha value is -1.28. The molecular weight excluding hydrogens is 156 g/mol. The molecule has 0 radical (unpaired) electrons. The van der Waals surface area contributed by atoms with Gasteiger partial charge in [-0.15, -0.1) is 0 Å². The topological polar surface area (TPSA) is 63.4 Å². The molecule has 1 fully saturated rings. The van der Waals surface area contributed by atoms with Crippen LogP contribution in [0.1, 0.15) is 12.8 Å². The second-order valence-corrected chi connectivity index (χ2v) is 3.01. The minimum absolute atomic E-state index is 0.397. The number of hydrogen-bond donors (Lipinski definition) is 1. The maximum atomic E-state index is 10.9. The maximum absolute atomic E-state index is 10.9. The van der Waals surface area contributed by atoms with Crippen molar-refractivity contribution in [3.63, 3.8) is 0 Å². The predicted molar refractivity (Wildman–Crippen MR) is 43.8 cm³/mol. The minimum atomic E-state index is -0.431. The highest BCUT2D eigenvalue weighted by Gasteiger charge is 2.27. The van der Waals surface area contributed by atoms with Gasteiger partial charge >= 0.3 is 0 Å². The Morgan fingerprint density at radius 1 is 1.75 bits per heavy atom. The molecule has 66 valence electrons. The van der Waals surface area contributed by atoms with Crippen LogP contribution < -0.4 is 5.73 Å². The van der Waals surface area contributed by atoms with Gasteiger partial charge in [-0.3, -0.25) is 4.79 Å². The Balaban J connectivity index is 2.86. The normalized spacial score (nSPS) is 23.6. The first-order valence-corrected chi connectivity index (χ1v) is 3.92. The number of hydrogen-bond acceptors (Lipinski definition) is 3. The summed E-state index contributed by atoms with van der Waals surface area (Å²) in [7, 11) is 1.77. The highest BCUT2D eigenvalue weighted by molar-refractivity contribution is 5.82. The van der Waals surface area contributed by atoms with Crippen molar-refractivity contribution in [1.29, 1.82) is 0 Å². The Morgan fingerprint density at radius 2 is 2.42 bits per heavy atom. The zero-order chi connectivity index (χ0) is 9.14. The molecule has 1 aliphatic heterocycles. The molecular formula is C8H12N2O2. The second kappa shape index (κ2) is 3.41. The van der Waals surface area contributed by atoms with Crippen molar-refractivity contribution in [2.45, 2.75) is 12.8 Å². The van der Waals surface area contributed by atoms with E-state index >= 15 is 0 Å². The molecule has 1 saturated heterocycles. The van der Waals surface area contributed by atoms with Crippen LogP contribution in [0.2, 0.25) is 0 Å². The van der Waals surface area contributed by atoms with Crippen molar-refractivity contribution < 1.29 is 9.59 Å². The first-order valence-electron chi connectivity index (χ1n) is 3.92. The average Bonchev–Trinajstić information content (AvgIpc) is 2.03. The fourth-order valence-electron chi connectivity index (χ4n) is 1.48. The molecule has 0 aromatic carbocycles. The lowest BCUT2D eigenvalue weighted by Gasteiger charge is -2.29. The van der Waals surface area contributed by atoms with Gasteiger partial charge in [-0.2, -0.15) is 0 Å². The highest BCUT2D eigenvalue weighted by Crippen LogP contribution is 2.22. The molecule has 1 aliphatic rings. The van der Waals surface area contributed by atoms with Crippen LogP contribution in [0.5, 0.6) is 0 Å². The predicted octanol–water partition coefficient (Wildman–Crippen LogP) is -0.471. The molecule has 0 spiro atoms. The number of nitrogens with two attached hydrogens (primary N) is 1. The van der Waals surface area contributed by atoms with Crippen LogP contribution in [-0.2, 0) is 9.59 Å². The first-order chi connectivity index (χ1) is 5.66. The van der Waals surface area contributed by atoms with Gasteiger partial charge in [0.15, 0.2) is 0 Å². The molecule has 0 aromatic heterocycles. The van der Waals surface area contributed by atoms with Crippen molar-refractivity contribution in [3.8, 4) is 0 Å². The van der Waals surface area contributed by atoms with E-state index in [-0.39, 0.29) is 0 Å². The van der Waals surface area contributed by atoms with Crippen LogP contribution in [0.25, 0.3) is 0 Å². The minimum Gasteiger partial charge on any atom is -0.369 e. The summed E-state index contributed by atoms with van der Waals surface area (Å²) in [4.78, 5) is 23.1. The van der Waals surface area contributed by atoms with E-state index in [4.69, 9.17) is 5.73 Å². The average molecular weight is 168 g/mol. The van der Waals surface area contributed by atoms with Crippen LogP contribution in [0, 0.1) is 5.92 Å². The molecule has 2 N–H and O–H groups in total. The van der Waals surface area contributed by atoms with Crippen LogP contribution in [0.3, 0.4) is 0 Å². The number of piperidine rings is 1. The van der Waals surface area contributed by atoms with Gasteiger partial charge in [-0.05, 0) is 12.8 Å². The number of rotatable bonds is 1. The van der Waals surface area contributed by atoms with Gasteiger partial charge in [0.1, 0.15) is 11.6 Å². The summed E-state index contributed by atoms with van der Waals surface area (Å²) in [6.07, 6.45) is 1.57. The number of primary amides is 1. The second-order valence-electron chi connectivity index (χ2n) is 3.01. The lowest BCUT2D eigenvalue weighted by Crippen LogP contribution is -2.37. The highest BCUT2D eigenvalue weighted by atomic mass is 16.1. The monoisotopic (exact) mass is 168 g/mol. The largest absolute Gasteiger partial charge is 0.369 e. The Bertz CT molecular complexity index is 243. The number of amides is 1. The summed E-state index contributed by atoms with van der Waals surface area (Å²) >= 11 is 0. The van der Waals surface area contributed by atoms with Gasteiger partial charge < -0.3 is 10.6 Å². The van der Waals surface area contributed by atoms with E-state index in [1.807, 2.05) is 0 Å². The summed E-state index contributed by atoms with van der Waals surface area (Å²) in [6.45, 7) is 0.800. The smallest absolute Gasteiger partial charge is 0.227 e. The van der Waals surface area contributed by atoms with Gasteiger partial charge in [-0.1, -0.05) is 0 Å². The molecule has 4 heteroatoms. The van der Waals surface area contributed by atoms with Gasteiger partial charge in [-0.25, -0.2) is 4.79 Å². The van der Waals surface area contributed by atoms with Crippen LogP contribution >= 0.6 is 0 Å². The number of carbonyl (C=O) groups is 1. The summed E-state index contributed by atoms with van der Waals surface area (Å²) < 4.78 is 0. The van der Waals surface area contributed by atoms with Gasteiger partial charge in [0.05, 0.1) is 5.92 Å². The van der Waals surface area contributed by atoms with Crippen molar-refractivity contribution >= 4 is 11.8 Å². The summed E-state index contributed by atoms with van der Waals surface area (Å²) in [5.41, 5.74) is 5.53. The molecule has 0 bridgehead atoms. The van der Waals surface area contributed by atoms with Crippen molar-refractivity contribution in [2.24, 2.45) is 11.7 Å². The summed E-state index contributed by atoms with van der Waals surface area (Å²) in [5.74, 6) is 0.917. The lowest BCUT2D eigenvalue weighted by molar-refractivity contribution is -0.121. The molecule has 0 aliphatic carbocycles. The maximum Gasteiger partial charge on any atom is 0.227 e. The zero-order valence-corrected chi connectivity index (χ0v) is 7.04. The first kappa shape index (κ1) is 8.81. The molecule has 1 heterocycles. The van der Waals surface area contributed by atoms with Gasteiger partial charge in [0.2, 0.25) is 5.91 Å². The Morgan fingerprint density at radius 3 is 2.83 bits per heavy atom. The van der Waals surface area contributed by atoms with Crippen LogP contribution in [0.4, 0.5) is 0 Å². The van der Waals surface area contributed by atoms with E-state index < -0.39 is 11.8 Å². The van der Waals surface area contributed by atoms with E-state index in [9.17, 15) is 9.59 Å². The van der Waals surface area contributed by atoms with Crippen LogP contribution in [0.15, 0.2) is 5.70 Å². The Kier molecular flexibility index (Phi) is 2.51. The summed E-state index contributed by atoms with van der Waals surface area (Å²) in [5, 5.41) is 0. The fourth-order valence-corrected chi connectivity index (χ4v) is 1.48. The molecule has 1 atom stereocenters. The zero-order valence-electron chi connectivity index (χ0n) is 7.04. The van der Waals surface area contributed by atoms with Crippen molar-refractivity contribution in [3.05, 3.63) is 5.70 Å². The van der Waals surface area contributed by atoms with E-state index in [2.05, 4.69) is 0 Å². The summed E-state index contributed by atoms with van der Waals surface area (Å²) in [6, 6.07) is 0. The number of nitrogens with zero attached hydrogens (tertiary/aromatic N) is 1. The molecule has 1 unspecified atom stereocenters. The van der Waals surface area contributed by atoms with Crippen LogP contribution in [-0.4, -0.2) is 30.3 Å². The molecule has 12 heavy (non-hydrogen) atoms. The molecule has 1 amide bonds.